The molecule has 1 atom stereocenters. The summed E-state index contributed by atoms with van der Waals surface area (Å²) in [5, 5.41) is 5.37. The Morgan fingerprint density at radius 2 is 2.12 bits per heavy atom. The predicted octanol–water partition coefficient (Wildman–Crippen LogP) is 2.06. The lowest BCUT2D eigenvalue weighted by atomic mass is 10.4. The zero-order valence-corrected chi connectivity index (χ0v) is 10.1. The molecule has 88 valence electrons. The molecular weight excluding hydrogens is 311 g/mol. The second-order valence-corrected chi connectivity index (χ2v) is 5.44. The van der Waals surface area contributed by atoms with Crippen molar-refractivity contribution in [3.63, 3.8) is 0 Å². The van der Waals surface area contributed by atoms with Crippen molar-refractivity contribution in [1.29, 1.82) is 0 Å². The van der Waals surface area contributed by atoms with E-state index in [0.29, 0.717) is 17.9 Å². The highest BCUT2D eigenvalue weighted by atomic mass is 79.9. The summed E-state index contributed by atoms with van der Waals surface area (Å²) in [4.78, 5) is 12.6. The highest BCUT2D eigenvalue weighted by Gasteiger charge is 2.38. The third kappa shape index (κ3) is 2.19. The van der Waals surface area contributed by atoms with Crippen molar-refractivity contribution in [3.8, 4) is 0 Å². The molecule has 16 heavy (non-hydrogen) atoms. The van der Waals surface area contributed by atoms with Crippen LogP contribution in [0, 0.1) is 0 Å². The standard InChI is InChI=1S/C7H5BrF3N3OS/c8-3-1-4(15)14(2-3)6-13-12-5(16-6)7(9,10)11/h3H,1-2H2. The third-order valence-electron chi connectivity index (χ3n) is 1.97. The Balaban J connectivity index is 2.23. The summed E-state index contributed by atoms with van der Waals surface area (Å²) in [6, 6.07) is 0. The van der Waals surface area contributed by atoms with Crippen LogP contribution >= 0.6 is 27.3 Å². The summed E-state index contributed by atoms with van der Waals surface area (Å²) >= 11 is 3.61. The molecule has 1 aliphatic heterocycles. The van der Waals surface area contributed by atoms with E-state index in [1.54, 1.807) is 0 Å². The Kier molecular flexibility index (Phi) is 2.91. The van der Waals surface area contributed by atoms with Gasteiger partial charge in [-0.2, -0.15) is 13.2 Å². The Morgan fingerprint density at radius 3 is 2.56 bits per heavy atom. The van der Waals surface area contributed by atoms with E-state index in [1.165, 1.54) is 4.90 Å². The average molecular weight is 316 g/mol. The average Bonchev–Trinajstić information content (AvgIpc) is 2.70. The van der Waals surface area contributed by atoms with Gasteiger partial charge < -0.3 is 0 Å². The van der Waals surface area contributed by atoms with Gasteiger partial charge in [0.25, 0.3) is 0 Å². The molecule has 1 saturated heterocycles. The van der Waals surface area contributed by atoms with Crippen LogP contribution in [0.2, 0.25) is 0 Å². The SMILES string of the molecule is O=C1CC(Br)CN1c1nnc(C(F)(F)F)s1. The molecular formula is C7H5BrF3N3OS. The van der Waals surface area contributed by atoms with Gasteiger partial charge in [-0.3, -0.25) is 9.69 Å². The van der Waals surface area contributed by atoms with Gasteiger partial charge in [0, 0.05) is 17.8 Å². The molecule has 2 rings (SSSR count). The van der Waals surface area contributed by atoms with Crippen molar-refractivity contribution in [2.75, 3.05) is 11.4 Å². The molecule has 9 heteroatoms. The van der Waals surface area contributed by atoms with Gasteiger partial charge in [-0.1, -0.05) is 27.3 Å². The van der Waals surface area contributed by atoms with Crippen LogP contribution in [0.4, 0.5) is 18.3 Å². The second-order valence-electron chi connectivity index (χ2n) is 3.19. The topological polar surface area (TPSA) is 46.1 Å². The summed E-state index contributed by atoms with van der Waals surface area (Å²) < 4.78 is 36.8. The second kappa shape index (κ2) is 3.95. The maximum Gasteiger partial charge on any atom is 0.445 e. The molecule has 1 aromatic heterocycles. The van der Waals surface area contributed by atoms with Gasteiger partial charge in [0.15, 0.2) is 0 Å². The fourth-order valence-corrected chi connectivity index (χ4v) is 2.59. The fraction of sp³-hybridized carbons (Fsp3) is 0.571. The van der Waals surface area contributed by atoms with E-state index < -0.39 is 11.2 Å². The summed E-state index contributed by atoms with van der Waals surface area (Å²) in [5.41, 5.74) is 0. The number of halogens is 4. The number of amides is 1. The number of aromatic nitrogens is 2. The van der Waals surface area contributed by atoms with Gasteiger partial charge in [-0.15, -0.1) is 10.2 Å². The Bertz CT molecular complexity index is 421. The predicted molar refractivity (Wildman–Crippen MR) is 54.6 cm³/mol. The van der Waals surface area contributed by atoms with Crippen molar-refractivity contribution in [2.45, 2.75) is 17.4 Å². The first kappa shape index (κ1) is 11.8. The van der Waals surface area contributed by atoms with Crippen molar-refractivity contribution in [2.24, 2.45) is 0 Å². The van der Waals surface area contributed by atoms with E-state index in [9.17, 15) is 18.0 Å². The molecule has 1 aromatic rings. The zero-order valence-electron chi connectivity index (χ0n) is 7.66. The van der Waals surface area contributed by atoms with Gasteiger partial charge >= 0.3 is 6.18 Å². The molecule has 1 unspecified atom stereocenters. The first-order chi connectivity index (χ1) is 7.38. The maximum atomic E-state index is 12.3. The molecule has 2 heterocycles. The monoisotopic (exact) mass is 315 g/mol. The van der Waals surface area contributed by atoms with E-state index in [4.69, 9.17) is 0 Å². The van der Waals surface area contributed by atoms with Crippen LogP contribution in [0.1, 0.15) is 11.4 Å². The first-order valence-corrected chi connectivity index (χ1v) is 5.96. The number of hydrogen-bond donors (Lipinski definition) is 0. The molecule has 0 spiro atoms. The summed E-state index contributed by atoms with van der Waals surface area (Å²) in [6.07, 6.45) is -4.24. The van der Waals surface area contributed by atoms with Crippen molar-refractivity contribution < 1.29 is 18.0 Å². The van der Waals surface area contributed by atoms with Gasteiger partial charge in [0.1, 0.15) is 0 Å². The Labute approximate surface area is 101 Å². The lowest BCUT2D eigenvalue weighted by Crippen LogP contribution is -2.24. The number of nitrogens with zero attached hydrogens (tertiary/aromatic N) is 3. The van der Waals surface area contributed by atoms with Crippen LogP contribution in [-0.4, -0.2) is 27.5 Å². The number of anilines is 1. The molecule has 0 radical (unpaired) electrons. The van der Waals surface area contributed by atoms with Crippen LogP contribution in [-0.2, 0) is 11.0 Å². The number of carbonyl (C=O) groups excluding carboxylic acids is 1. The smallest absolute Gasteiger partial charge is 0.286 e. The largest absolute Gasteiger partial charge is 0.445 e. The van der Waals surface area contributed by atoms with E-state index in [0.717, 1.165) is 0 Å². The number of carbonyl (C=O) groups is 1. The fourth-order valence-electron chi connectivity index (χ4n) is 1.29. The van der Waals surface area contributed by atoms with Crippen molar-refractivity contribution >= 4 is 38.3 Å². The molecule has 1 amide bonds. The van der Waals surface area contributed by atoms with Crippen LogP contribution in [0.3, 0.4) is 0 Å². The maximum absolute atomic E-state index is 12.3. The first-order valence-electron chi connectivity index (χ1n) is 4.23. The summed E-state index contributed by atoms with van der Waals surface area (Å²) in [6.45, 7) is 0.325. The lowest BCUT2D eigenvalue weighted by molar-refractivity contribution is -0.138. The Hall–Kier alpha value is -0.700. The molecule has 1 aliphatic rings. The van der Waals surface area contributed by atoms with Gasteiger partial charge in [-0.05, 0) is 0 Å². The Morgan fingerprint density at radius 1 is 1.44 bits per heavy atom. The minimum Gasteiger partial charge on any atom is -0.286 e. The quantitative estimate of drug-likeness (QED) is 0.745. The highest BCUT2D eigenvalue weighted by molar-refractivity contribution is 9.09. The molecule has 4 nitrogen and oxygen atoms in total. The van der Waals surface area contributed by atoms with E-state index in [-0.39, 0.29) is 22.3 Å². The van der Waals surface area contributed by atoms with E-state index >= 15 is 0 Å². The normalized spacial score (nSPS) is 21.9. The van der Waals surface area contributed by atoms with Gasteiger partial charge in [0.05, 0.1) is 0 Å². The van der Waals surface area contributed by atoms with Gasteiger partial charge in [-0.25, -0.2) is 0 Å². The minimum atomic E-state index is -4.51. The molecule has 0 bridgehead atoms. The molecule has 0 saturated carbocycles. The molecule has 0 N–H and O–H groups in total. The zero-order chi connectivity index (χ0) is 11.9. The number of rotatable bonds is 1. The van der Waals surface area contributed by atoms with Gasteiger partial charge in [0.2, 0.25) is 16.0 Å². The minimum absolute atomic E-state index is 0.000671. The summed E-state index contributed by atoms with van der Waals surface area (Å²) in [5.74, 6) is -0.244. The third-order valence-corrected chi connectivity index (χ3v) is 3.57. The lowest BCUT2D eigenvalue weighted by Gasteiger charge is -2.09. The van der Waals surface area contributed by atoms with Crippen LogP contribution < -0.4 is 4.90 Å². The van der Waals surface area contributed by atoms with E-state index in [2.05, 4.69) is 26.1 Å². The number of hydrogen-bond acceptors (Lipinski definition) is 4. The van der Waals surface area contributed by atoms with Crippen LogP contribution in [0.5, 0.6) is 0 Å². The molecule has 0 aliphatic carbocycles. The van der Waals surface area contributed by atoms with Crippen molar-refractivity contribution in [3.05, 3.63) is 5.01 Å². The van der Waals surface area contributed by atoms with Crippen LogP contribution in [0.25, 0.3) is 0 Å². The van der Waals surface area contributed by atoms with Crippen molar-refractivity contribution in [1.82, 2.24) is 10.2 Å². The molecule has 1 fully saturated rings. The number of alkyl halides is 4. The highest BCUT2D eigenvalue weighted by Crippen LogP contribution is 2.35. The summed E-state index contributed by atoms with van der Waals surface area (Å²) in [7, 11) is 0. The van der Waals surface area contributed by atoms with Crippen LogP contribution in [0.15, 0.2) is 0 Å². The molecule has 0 aromatic carbocycles. The van der Waals surface area contributed by atoms with E-state index in [1.807, 2.05) is 0 Å².